The van der Waals surface area contributed by atoms with Crippen molar-refractivity contribution in [2.45, 2.75) is 129 Å². The molecule has 0 bridgehead atoms. The molecule has 1 aromatic heterocycles. The SMILES string of the molecule is CC[N+]1(C(O[PH2]=O)(OC(C)(C)C)OC(C)(C)C)CCCC1CNc1nc(Nc2ccc(OC)c(F)c2)nc(NC2CCCCCC2)n1.[Cl-]. The Labute approximate surface area is 292 Å². The third-order valence-corrected chi connectivity index (χ3v) is 9.09. The van der Waals surface area contributed by atoms with Crippen LogP contribution in [0.5, 0.6) is 5.75 Å². The van der Waals surface area contributed by atoms with E-state index in [9.17, 15) is 8.96 Å². The van der Waals surface area contributed by atoms with E-state index in [4.69, 9.17) is 23.7 Å². The molecule has 1 aliphatic carbocycles. The molecule has 1 saturated heterocycles. The summed E-state index contributed by atoms with van der Waals surface area (Å²) in [4.78, 5) is 14.1. The van der Waals surface area contributed by atoms with Gasteiger partial charge in [0.15, 0.2) is 20.3 Å². The number of hydrogen-bond acceptors (Lipinski definition) is 11. The van der Waals surface area contributed by atoms with Crippen LogP contribution in [0, 0.1) is 5.82 Å². The number of halogens is 2. The number of benzene rings is 1. The first-order valence-corrected chi connectivity index (χ1v) is 17.9. The van der Waals surface area contributed by atoms with E-state index in [1.807, 2.05) is 41.5 Å². The van der Waals surface area contributed by atoms with Crippen LogP contribution in [-0.2, 0) is 18.6 Å². The van der Waals surface area contributed by atoms with E-state index in [0.29, 0.717) is 35.2 Å². The van der Waals surface area contributed by atoms with Crippen LogP contribution < -0.4 is 33.1 Å². The maximum absolute atomic E-state index is 14.5. The van der Waals surface area contributed by atoms with Gasteiger partial charge >= 0.3 is 6.10 Å². The number of likely N-dealkylation sites (N-methyl/N-ethyl adjacent to an activating group) is 1. The van der Waals surface area contributed by atoms with Crippen molar-refractivity contribution in [3.63, 3.8) is 0 Å². The summed E-state index contributed by atoms with van der Waals surface area (Å²) in [5.74, 6) is 0.780. The van der Waals surface area contributed by atoms with Crippen molar-refractivity contribution in [3.05, 3.63) is 24.0 Å². The third kappa shape index (κ3) is 10.4. The largest absolute Gasteiger partial charge is 1.00 e. The lowest BCUT2D eigenvalue weighted by Crippen LogP contribution is -3.00. The van der Waals surface area contributed by atoms with Gasteiger partial charge in [0, 0.05) is 30.6 Å². The van der Waals surface area contributed by atoms with Crippen LogP contribution in [0.25, 0.3) is 0 Å². The summed E-state index contributed by atoms with van der Waals surface area (Å²) in [5, 5.41) is 10.1. The number of rotatable bonds is 14. The summed E-state index contributed by atoms with van der Waals surface area (Å²) in [6.45, 7) is 15.6. The van der Waals surface area contributed by atoms with Gasteiger partial charge < -0.3 is 33.1 Å². The number of ether oxygens (including phenoxy) is 3. The monoisotopic (exact) mass is 715 g/mol. The van der Waals surface area contributed by atoms with Gasteiger partial charge in [-0.3, -0.25) is 14.0 Å². The van der Waals surface area contributed by atoms with Crippen LogP contribution in [0.3, 0.4) is 0 Å². The molecule has 3 N–H and O–H groups in total. The number of aromatic nitrogens is 3. The Balaban J connectivity index is 0.00000625. The predicted octanol–water partition coefficient (Wildman–Crippen LogP) is 4.24. The fourth-order valence-electron chi connectivity index (χ4n) is 6.74. The third-order valence-electron chi connectivity index (χ3n) is 8.70. The van der Waals surface area contributed by atoms with Crippen LogP contribution in [0.1, 0.15) is 99.8 Å². The number of hydrogen-bond donors (Lipinski definition) is 3. The molecule has 15 heteroatoms. The molecule has 4 rings (SSSR count). The molecule has 48 heavy (non-hydrogen) atoms. The Kier molecular flexibility index (Phi) is 14.3. The first-order valence-electron chi connectivity index (χ1n) is 17.0. The lowest BCUT2D eigenvalue weighted by Gasteiger charge is -2.53. The van der Waals surface area contributed by atoms with Crippen LogP contribution in [-0.4, -0.2) is 75.6 Å². The minimum absolute atomic E-state index is 0. The van der Waals surface area contributed by atoms with Crippen LogP contribution >= 0.6 is 8.69 Å². The van der Waals surface area contributed by atoms with Gasteiger partial charge in [-0.1, -0.05) is 25.7 Å². The summed E-state index contributed by atoms with van der Waals surface area (Å²) in [6.07, 6.45) is 7.05. The second kappa shape index (κ2) is 17.1. The molecule has 3 atom stereocenters. The Morgan fingerprint density at radius 1 is 0.917 bits per heavy atom. The first kappa shape index (κ1) is 40.2. The molecular formula is C33H56ClFN7O5P. The van der Waals surface area contributed by atoms with Gasteiger partial charge in [0.05, 0.1) is 37.9 Å². The summed E-state index contributed by atoms with van der Waals surface area (Å²) >= 11 is 0. The molecular weight excluding hydrogens is 660 g/mol. The van der Waals surface area contributed by atoms with Crippen molar-refractivity contribution in [1.82, 2.24) is 15.0 Å². The van der Waals surface area contributed by atoms with Crippen molar-refractivity contribution >= 4 is 32.2 Å². The fourth-order valence-corrected chi connectivity index (χ4v) is 7.17. The standard InChI is InChI=1S/C33H56FN7O5P.ClH/c1-9-41(33(46-47-42,44-31(2,3)4)45-32(5,6)7)20-14-17-25(41)22-35-28-38-29(36-23-15-12-10-11-13-16-23)40-30(39-28)37-24-18-19-27(43-8)26(34)21-24;/h18-19,21,23,25H,9-17,20,22,47H2,1-8H3,(H3,35,36,37,38,39,40);1H/q+1;/p-1. The molecule has 2 aliphatic rings. The van der Waals surface area contributed by atoms with Crippen molar-refractivity contribution in [2.75, 3.05) is 42.7 Å². The molecule has 2 heterocycles. The molecule has 272 valence electrons. The number of nitrogens with zero attached hydrogens (tertiary/aromatic N) is 4. The van der Waals surface area contributed by atoms with Gasteiger partial charge in [-0.05, 0) is 73.4 Å². The second-order valence-corrected chi connectivity index (χ2v) is 15.0. The maximum Gasteiger partial charge on any atom is 0.456 e. The Hall–Kier alpha value is -2.28. The molecule has 1 aromatic carbocycles. The molecule has 0 spiro atoms. The summed E-state index contributed by atoms with van der Waals surface area (Å²) < 4.78 is 51.6. The van der Waals surface area contributed by atoms with Gasteiger partial charge in [-0.15, -0.1) is 0 Å². The molecule has 0 amide bonds. The average Bonchev–Trinajstić information content (AvgIpc) is 3.24. The van der Waals surface area contributed by atoms with Crippen LogP contribution in [0.15, 0.2) is 18.2 Å². The minimum Gasteiger partial charge on any atom is -1.00 e. The van der Waals surface area contributed by atoms with Gasteiger partial charge in [-0.25, -0.2) is 13.4 Å². The highest BCUT2D eigenvalue weighted by molar-refractivity contribution is 7.17. The zero-order valence-electron chi connectivity index (χ0n) is 29.8. The van der Waals surface area contributed by atoms with E-state index in [0.717, 1.165) is 45.1 Å². The van der Waals surface area contributed by atoms with Gasteiger partial charge in [0.25, 0.3) is 0 Å². The Morgan fingerprint density at radius 2 is 1.54 bits per heavy atom. The molecule has 1 saturated carbocycles. The lowest BCUT2D eigenvalue weighted by molar-refractivity contribution is -1.06. The van der Waals surface area contributed by atoms with Gasteiger partial charge in [0.2, 0.25) is 17.8 Å². The average molecular weight is 716 g/mol. The van der Waals surface area contributed by atoms with E-state index >= 15 is 0 Å². The molecule has 2 aromatic rings. The highest BCUT2D eigenvalue weighted by Gasteiger charge is 2.64. The molecule has 1 aliphatic heterocycles. The molecule has 3 unspecified atom stereocenters. The van der Waals surface area contributed by atoms with Crippen molar-refractivity contribution in [3.8, 4) is 5.75 Å². The van der Waals surface area contributed by atoms with Crippen molar-refractivity contribution in [2.24, 2.45) is 0 Å². The number of quaternary nitrogens is 1. The Bertz CT molecular complexity index is 1320. The van der Waals surface area contributed by atoms with Gasteiger partial charge in [0.1, 0.15) is 6.04 Å². The quantitative estimate of drug-likeness (QED) is 0.113. The summed E-state index contributed by atoms with van der Waals surface area (Å²) in [5.41, 5.74) is -0.802. The van der Waals surface area contributed by atoms with E-state index < -0.39 is 31.8 Å². The number of anilines is 4. The first-order chi connectivity index (χ1) is 22.2. The maximum atomic E-state index is 14.5. The number of likely N-dealkylation sites (tertiary alicyclic amines) is 1. The highest BCUT2D eigenvalue weighted by Crippen LogP contribution is 2.45. The van der Waals surface area contributed by atoms with Crippen LogP contribution in [0.4, 0.5) is 27.9 Å². The highest BCUT2D eigenvalue weighted by atomic mass is 35.5. The topological polar surface area (TPSA) is 129 Å². The van der Waals surface area contributed by atoms with E-state index in [2.05, 4.69) is 32.8 Å². The molecule has 0 radical (unpaired) electrons. The normalized spacial score (nSPS) is 21.1. The summed E-state index contributed by atoms with van der Waals surface area (Å²) in [7, 11) is -0.200. The lowest BCUT2D eigenvalue weighted by atomic mass is 10.1. The van der Waals surface area contributed by atoms with Crippen LogP contribution in [0.2, 0.25) is 0 Å². The van der Waals surface area contributed by atoms with E-state index in [1.165, 1.54) is 26.0 Å². The predicted molar refractivity (Wildman–Crippen MR) is 184 cm³/mol. The van der Waals surface area contributed by atoms with E-state index in [-0.39, 0.29) is 36.2 Å². The Morgan fingerprint density at radius 3 is 2.10 bits per heavy atom. The smallest absolute Gasteiger partial charge is 0.456 e. The molecule has 12 nitrogen and oxygen atoms in total. The zero-order chi connectivity index (χ0) is 34.3. The number of nitrogens with one attached hydrogen (secondary N) is 3. The minimum atomic E-state index is -1.63. The zero-order valence-corrected chi connectivity index (χ0v) is 31.7. The fraction of sp³-hybridized carbons (Fsp3) is 0.727. The second-order valence-electron chi connectivity index (χ2n) is 14.5. The number of methoxy groups -OCH3 is 1. The van der Waals surface area contributed by atoms with Gasteiger partial charge in [-0.2, -0.15) is 15.0 Å². The summed E-state index contributed by atoms with van der Waals surface area (Å²) in [6, 6.07) is 4.84. The van der Waals surface area contributed by atoms with Crippen molar-refractivity contribution in [1.29, 1.82) is 0 Å². The van der Waals surface area contributed by atoms with E-state index in [1.54, 1.807) is 12.1 Å². The van der Waals surface area contributed by atoms with Crippen molar-refractivity contribution < 1.29 is 44.6 Å². The molecule has 2 fully saturated rings.